The van der Waals surface area contributed by atoms with Gasteiger partial charge in [0.1, 0.15) is 0 Å². The van der Waals surface area contributed by atoms with E-state index < -0.39 is 5.97 Å². The van der Waals surface area contributed by atoms with Crippen LogP contribution in [0, 0.1) is 0 Å². The van der Waals surface area contributed by atoms with E-state index in [1.165, 1.54) is 12.1 Å². The topological polar surface area (TPSA) is 93.8 Å². The third-order valence-corrected chi connectivity index (χ3v) is 2.50. The van der Waals surface area contributed by atoms with E-state index in [0.29, 0.717) is 24.5 Å². The van der Waals surface area contributed by atoms with E-state index in [1.54, 1.807) is 20.3 Å². The van der Waals surface area contributed by atoms with Gasteiger partial charge >= 0.3 is 5.97 Å². The van der Waals surface area contributed by atoms with Gasteiger partial charge in [-0.2, -0.15) is 0 Å². The van der Waals surface area contributed by atoms with E-state index in [9.17, 15) is 4.79 Å². The summed E-state index contributed by atoms with van der Waals surface area (Å²) in [5.41, 5.74) is 7.00. The molecule has 0 aromatic heterocycles. The second kappa shape index (κ2) is 6.83. The van der Waals surface area contributed by atoms with Crippen molar-refractivity contribution in [1.82, 2.24) is 0 Å². The van der Waals surface area contributed by atoms with E-state index >= 15 is 0 Å². The fraction of sp³-hybridized carbons (Fsp3) is 0.417. The van der Waals surface area contributed by atoms with Crippen LogP contribution in [-0.4, -0.2) is 44.6 Å². The van der Waals surface area contributed by atoms with Crippen LogP contribution in [0.1, 0.15) is 10.4 Å². The molecule has 1 aromatic carbocycles. The Morgan fingerprint density at radius 1 is 1.50 bits per heavy atom. The van der Waals surface area contributed by atoms with Crippen LogP contribution in [0.2, 0.25) is 0 Å². The molecule has 0 radical (unpaired) electrons. The monoisotopic (exact) mass is 254 g/mol. The van der Waals surface area contributed by atoms with Crippen LogP contribution in [-0.2, 0) is 9.47 Å². The Labute approximate surface area is 106 Å². The minimum absolute atomic E-state index is 0.0893. The summed E-state index contributed by atoms with van der Waals surface area (Å²) in [6.45, 7) is 0.998. The van der Waals surface area contributed by atoms with Gasteiger partial charge in [-0.3, -0.25) is 0 Å². The molecule has 0 aliphatic carbocycles. The quantitative estimate of drug-likeness (QED) is 0.629. The van der Waals surface area contributed by atoms with Gasteiger partial charge in [0.15, 0.2) is 0 Å². The highest BCUT2D eigenvalue weighted by Gasteiger charge is 2.09. The molecule has 18 heavy (non-hydrogen) atoms. The summed E-state index contributed by atoms with van der Waals surface area (Å²) >= 11 is 0. The Bertz CT molecular complexity index is 409. The molecule has 6 nitrogen and oxygen atoms in total. The predicted octanol–water partition coefficient (Wildman–Crippen LogP) is 1.04. The molecule has 0 saturated carbocycles. The van der Waals surface area contributed by atoms with E-state index in [0.717, 1.165) is 0 Å². The highest BCUT2D eigenvalue weighted by Crippen LogP contribution is 2.19. The molecule has 1 unspecified atom stereocenters. The first-order valence-electron chi connectivity index (χ1n) is 5.47. The molecular formula is C12H18N2O4. The molecule has 6 heteroatoms. The minimum Gasteiger partial charge on any atom is -0.478 e. The largest absolute Gasteiger partial charge is 0.478 e. The lowest BCUT2D eigenvalue weighted by atomic mass is 10.1. The molecule has 0 heterocycles. The fourth-order valence-corrected chi connectivity index (χ4v) is 1.48. The van der Waals surface area contributed by atoms with Crippen molar-refractivity contribution in [2.24, 2.45) is 0 Å². The molecule has 100 valence electrons. The molecule has 0 aliphatic heterocycles. The highest BCUT2D eigenvalue weighted by molar-refractivity contribution is 5.90. The Morgan fingerprint density at radius 2 is 2.22 bits per heavy atom. The zero-order valence-electron chi connectivity index (χ0n) is 10.5. The number of carboxylic acids is 1. The van der Waals surface area contributed by atoms with Crippen molar-refractivity contribution in [3.8, 4) is 0 Å². The van der Waals surface area contributed by atoms with E-state index in [4.69, 9.17) is 20.3 Å². The second-order valence-electron chi connectivity index (χ2n) is 3.80. The van der Waals surface area contributed by atoms with Crippen LogP contribution in [0.15, 0.2) is 18.2 Å². The van der Waals surface area contributed by atoms with Crippen LogP contribution in [0.5, 0.6) is 0 Å². The lowest BCUT2D eigenvalue weighted by molar-refractivity contribution is 0.0366. The van der Waals surface area contributed by atoms with Gasteiger partial charge < -0.3 is 25.6 Å². The number of hydrogen-bond acceptors (Lipinski definition) is 5. The van der Waals surface area contributed by atoms with E-state index in [1.807, 2.05) is 0 Å². The Balaban J connectivity index is 2.65. The summed E-state index contributed by atoms with van der Waals surface area (Å²) in [5.74, 6) is -0.998. The van der Waals surface area contributed by atoms with Crippen molar-refractivity contribution in [3.63, 3.8) is 0 Å². The Morgan fingerprint density at radius 3 is 2.72 bits per heavy atom. The van der Waals surface area contributed by atoms with Crippen LogP contribution >= 0.6 is 0 Å². The molecule has 4 N–H and O–H groups in total. The second-order valence-corrected chi connectivity index (χ2v) is 3.80. The molecule has 0 fully saturated rings. The first-order chi connectivity index (χ1) is 8.58. The van der Waals surface area contributed by atoms with Crippen LogP contribution in [0.3, 0.4) is 0 Å². The molecule has 1 atom stereocenters. The molecule has 1 rings (SSSR count). The molecule has 0 amide bonds. The summed E-state index contributed by atoms with van der Waals surface area (Å²) in [6, 6.07) is 4.56. The number of aromatic carboxylic acids is 1. The minimum atomic E-state index is -0.998. The summed E-state index contributed by atoms with van der Waals surface area (Å²) in [4.78, 5) is 10.7. The number of methoxy groups -OCH3 is 2. The maximum Gasteiger partial charge on any atom is 0.335 e. The highest BCUT2D eigenvalue weighted by atomic mass is 16.5. The Hall–Kier alpha value is -1.79. The number of ether oxygens (including phenoxy) is 2. The van der Waals surface area contributed by atoms with Crippen molar-refractivity contribution < 1.29 is 19.4 Å². The van der Waals surface area contributed by atoms with Crippen molar-refractivity contribution >= 4 is 17.3 Å². The summed E-state index contributed by atoms with van der Waals surface area (Å²) < 4.78 is 10.2. The van der Waals surface area contributed by atoms with Crippen LogP contribution in [0.4, 0.5) is 11.4 Å². The number of nitrogen functional groups attached to an aromatic ring is 1. The predicted molar refractivity (Wildman–Crippen MR) is 69.0 cm³/mol. The normalized spacial score (nSPS) is 12.1. The molecule has 1 aromatic rings. The number of rotatable bonds is 7. The first-order valence-corrected chi connectivity index (χ1v) is 5.47. The zero-order valence-corrected chi connectivity index (χ0v) is 10.5. The number of carbonyl (C=O) groups is 1. The molecular weight excluding hydrogens is 236 g/mol. The number of carboxylic acid groups (broad SMARTS) is 1. The van der Waals surface area contributed by atoms with Crippen LogP contribution in [0.25, 0.3) is 0 Å². The van der Waals surface area contributed by atoms with E-state index in [2.05, 4.69) is 5.32 Å². The van der Waals surface area contributed by atoms with Crippen molar-refractivity contribution in [2.75, 3.05) is 38.4 Å². The van der Waals surface area contributed by atoms with Gasteiger partial charge in [-0.05, 0) is 18.2 Å². The number of benzene rings is 1. The summed E-state index contributed by atoms with van der Waals surface area (Å²) in [5, 5.41) is 11.9. The number of nitrogens with two attached hydrogens (primary N) is 1. The van der Waals surface area contributed by atoms with E-state index in [-0.39, 0.29) is 11.7 Å². The van der Waals surface area contributed by atoms with Crippen LogP contribution < -0.4 is 11.1 Å². The molecule has 0 spiro atoms. The zero-order chi connectivity index (χ0) is 13.5. The lowest BCUT2D eigenvalue weighted by Gasteiger charge is -2.17. The van der Waals surface area contributed by atoms with Gasteiger partial charge in [0.25, 0.3) is 0 Å². The molecule has 0 bridgehead atoms. The standard InChI is InChI=1S/C12H18N2O4/c1-17-7-9(18-2)6-14-11-4-3-8(12(15)16)5-10(11)13/h3-5,9,14H,6-7,13H2,1-2H3,(H,15,16). The maximum atomic E-state index is 10.7. The SMILES string of the molecule is COCC(CNc1ccc(C(=O)O)cc1N)OC. The number of nitrogens with one attached hydrogen (secondary N) is 1. The van der Waals surface area contributed by atoms with Crippen molar-refractivity contribution in [1.29, 1.82) is 0 Å². The maximum absolute atomic E-state index is 10.7. The number of anilines is 2. The average molecular weight is 254 g/mol. The third-order valence-electron chi connectivity index (χ3n) is 2.50. The van der Waals surface area contributed by atoms with Gasteiger partial charge in [0, 0.05) is 20.8 Å². The summed E-state index contributed by atoms with van der Waals surface area (Å²) in [6.07, 6.45) is -0.0893. The first kappa shape index (κ1) is 14.3. The molecule has 0 saturated heterocycles. The number of hydrogen-bond donors (Lipinski definition) is 3. The van der Waals surface area contributed by atoms with Gasteiger partial charge in [0.05, 0.1) is 29.6 Å². The van der Waals surface area contributed by atoms with Crippen molar-refractivity contribution in [3.05, 3.63) is 23.8 Å². The lowest BCUT2D eigenvalue weighted by Crippen LogP contribution is -2.26. The Kier molecular flexibility index (Phi) is 5.41. The summed E-state index contributed by atoms with van der Waals surface area (Å²) in [7, 11) is 3.20. The average Bonchev–Trinajstić information content (AvgIpc) is 2.35. The van der Waals surface area contributed by atoms with Gasteiger partial charge in [-0.1, -0.05) is 0 Å². The van der Waals surface area contributed by atoms with Gasteiger partial charge in [-0.25, -0.2) is 4.79 Å². The molecule has 0 aliphatic rings. The third kappa shape index (κ3) is 3.90. The van der Waals surface area contributed by atoms with Gasteiger partial charge in [-0.15, -0.1) is 0 Å². The fourth-order valence-electron chi connectivity index (χ4n) is 1.48. The van der Waals surface area contributed by atoms with Gasteiger partial charge in [0.2, 0.25) is 0 Å². The smallest absolute Gasteiger partial charge is 0.335 e. The van der Waals surface area contributed by atoms with Crippen molar-refractivity contribution in [2.45, 2.75) is 6.10 Å².